The number of nitrogens with zero attached hydrogens (tertiary/aromatic N) is 5. The maximum atomic E-state index is 13.4. The van der Waals surface area contributed by atoms with Crippen molar-refractivity contribution in [3.05, 3.63) is 57.6 Å². The zero-order valence-corrected chi connectivity index (χ0v) is 21.7. The lowest BCUT2D eigenvalue weighted by Gasteiger charge is -2.40. The topological polar surface area (TPSA) is 63.4 Å². The van der Waals surface area contributed by atoms with Crippen LogP contribution in [0.2, 0.25) is 10.0 Å². The summed E-state index contributed by atoms with van der Waals surface area (Å²) in [6.07, 6.45) is 1.81. The van der Waals surface area contributed by atoms with E-state index in [0.29, 0.717) is 21.3 Å². The number of carbonyl (C=O) groups is 1. The minimum Gasteiger partial charge on any atom is -0.332 e. The number of piperidine rings is 1. The number of hydrogen-bond acceptors (Lipinski definition) is 4. The van der Waals surface area contributed by atoms with Crippen molar-refractivity contribution in [1.29, 1.82) is 0 Å². The second kappa shape index (κ2) is 11.0. The van der Waals surface area contributed by atoms with Gasteiger partial charge >= 0.3 is 0 Å². The average molecular weight is 555 g/mol. The lowest BCUT2D eigenvalue weighted by Crippen LogP contribution is -2.47. The van der Waals surface area contributed by atoms with Crippen LogP contribution in [0.3, 0.4) is 0 Å². The number of fused-ring (bicyclic) bond motifs is 3. The van der Waals surface area contributed by atoms with Crippen molar-refractivity contribution in [2.24, 2.45) is 0 Å². The molecule has 2 aliphatic heterocycles. The predicted molar refractivity (Wildman–Crippen MR) is 138 cm³/mol. The Labute approximate surface area is 220 Å². The first-order valence-electron chi connectivity index (χ1n) is 9.70. The first-order chi connectivity index (χ1) is 14.4. The highest BCUT2D eigenvalue weighted by Crippen LogP contribution is 2.45. The van der Waals surface area contributed by atoms with Crippen LogP contribution < -0.4 is 0 Å². The van der Waals surface area contributed by atoms with Crippen LogP contribution in [0.5, 0.6) is 0 Å². The van der Waals surface area contributed by atoms with Gasteiger partial charge in [0, 0.05) is 33.6 Å². The number of alkyl halides is 2. The van der Waals surface area contributed by atoms with Crippen molar-refractivity contribution in [3.8, 4) is 0 Å². The van der Waals surface area contributed by atoms with Gasteiger partial charge in [-0.2, -0.15) is 50.6 Å². The van der Waals surface area contributed by atoms with Crippen LogP contribution in [0.15, 0.2) is 30.6 Å². The van der Waals surface area contributed by atoms with E-state index in [9.17, 15) is 13.6 Å². The Morgan fingerprint density at radius 3 is 2.33 bits per heavy atom. The van der Waals surface area contributed by atoms with E-state index in [1.807, 2.05) is 4.90 Å². The summed E-state index contributed by atoms with van der Waals surface area (Å²) in [5.41, 5.74) is 0.712. The highest BCUT2D eigenvalue weighted by atomic mass is 35.5. The second-order valence-electron chi connectivity index (χ2n) is 7.73. The molecule has 2 aromatic heterocycles. The third kappa shape index (κ3) is 5.07. The molecule has 2 bridgehead atoms. The third-order valence-electron chi connectivity index (χ3n) is 6.07. The minimum atomic E-state index is -2.71. The molecule has 33 heavy (non-hydrogen) atoms. The van der Waals surface area contributed by atoms with Gasteiger partial charge in [0.1, 0.15) is 12.0 Å². The highest BCUT2D eigenvalue weighted by Gasteiger charge is 2.46. The molecule has 3 atom stereocenters. The largest absolute Gasteiger partial charge is 0.332 e. The lowest BCUT2D eigenvalue weighted by atomic mass is 9.86. The van der Waals surface area contributed by atoms with Crippen molar-refractivity contribution in [2.45, 2.75) is 50.1 Å². The van der Waals surface area contributed by atoms with Crippen molar-refractivity contribution < 1.29 is 13.6 Å². The molecule has 2 saturated heterocycles. The summed E-state index contributed by atoms with van der Waals surface area (Å²) in [5, 5.41) is 4.98. The van der Waals surface area contributed by atoms with Gasteiger partial charge in [-0.1, -0.05) is 23.2 Å². The summed E-state index contributed by atoms with van der Waals surface area (Å²) in [6, 6.07) is 6.17. The fourth-order valence-electron chi connectivity index (χ4n) is 4.87. The Morgan fingerprint density at radius 2 is 1.67 bits per heavy atom. The maximum absolute atomic E-state index is 13.4. The van der Waals surface area contributed by atoms with Gasteiger partial charge < -0.3 is 4.90 Å². The summed E-state index contributed by atoms with van der Waals surface area (Å²) >= 11 is 12.2. The van der Waals surface area contributed by atoms with Crippen LogP contribution in [0.4, 0.5) is 8.78 Å². The molecule has 180 valence electrons. The van der Waals surface area contributed by atoms with Gasteiger partial charge in [0.05, 0.1) is 5.69 Å². The van der Waals surface area contributed by atoms with E-state index < -0.39 is 6.43 Å². The smallest absolute Gasteiger partial charge is 0.280 e. The predicted octanol–water partition coefficient (Wildman–Crippen LogP) is 5.26. The zero-order chi connectivity index (χ0) is 21.0. The molecule has 1 amide bonds. The van der Waals surface area contributed by atoms with Crippen LogP contribution in [0.1, 0.15) is 59.8 Å². The molecule has 5 rings (SSSR count). The van der Waals surface area contributed by atoms with E-state index in [0.717, 1.165) is 25.7 Å². The Balaban J connectivity index is 0.00000128. The average Bonchev–Trinajstić information content (AvgIpc) is 3.29. The number of halogens is 4. The number of amides is 1. The van der Waals surface area contributed by atoms with Gasteiger partial charge in [0.25, 0.3) is 18.1 Å². The van der Waals surface area contributed by atoms with Gasteiger partial charge in [0.2, 0.25) is 0 Å². The summed E-state index contributed by atoms with van der Waals surface area (Å²) in [7, 11) is 0. The van der Waals surface area contributed by atoms with Crippen LogP contribution in [0, 0.1) is 0 Å². The standard InChI is InChI=1S/C20H17Cl2F2N5O.3H2S/c21-11-5-10(6-12(22)7-11)19(30)28-13-1-3-14(16(28)4-2-13)17-8-15(18(23)24)27-20-25-9-26-29(17)20;;;/h5-9,13-14,16,18H,1-4H2;3*1H2/t13-,14-,16-;;;/m0.../s1. The molecular weight excluding hydrogens is 531 g/mol. The summed E-state index contributed by atoms with van der Waals surface area (Å²) in [6.45, 7) is 0. The number of hydrogen-bond donors (Lipinski definition) is 0. The number of aromatic nitrogens is 4. The SMILES string of the molecule is O=C(c1cc(Cl)cc(Cl)c1)N1[C@H]2CC[C@H](c3cc(C(F)F)nc4ncnn34)[C@@H]1CC2.S.S.S. The van der Waals surface area contributed by atoms with Crippen LogP contribution in [-0.2, 0) is 0 Å². The molecule has 13 heteroatoms. The molecule has 0 unspecified atom stereocenters. The zero-order valence-electron chi connectivity index (χ0n) is 17.2. The van der Waals surface area contributed by atoms with E-state index >= 15 is 0 Å². The molecule has 0 aliphatic carbocycles. The fourth-order valence-corrected chi connectivity index (χ4v) is 5.40. The van der Waals surface area contributed by atoms with Gasteiger partial charge in [0.15, 0.2) is 0 Å². The van der Waals surface area contributed by atoms with Gasteiger partial charge in [-0.15, -0.1) is 0 Å². The van der Waals surface area contributed by atoms with Crippen LogP contribution in [-0.4, -0.2) is 42.5 Å². The van der Waals surface area contributed by atoms with Crippen LogP contribution in [0.25, 0.3) is 5.78 Å². The van der Waals surface area contributed by atoms with Crippen molar-refractivity contribution in [2.75, 3.05) is 0 Å². The Bertz CT molecular complexity index is 1130. The molecule has 2 aliphatic rings. The summed E-state index contributed by atoms with van der Waals surface area (Å²) in [5.74, 6) is -0.149. The lowest BCUT2D eigenvalue weighted by molar-refractivity contribution is 0.0554. The Hall–Kier alpha value is -1.27. The molecule has 0 saturated carbocycles. The van der Waals surface area contributed by atoms with Gasteiger partial charge in [-0.05, 0) is 49.9 Å². The van der Waals surface area contributed by atoms with E-state index in [-0.39, 0.29) is 75.9 Å². The highest BCUT2D eigenvalue weighted by molar-refractivity contribution is 7.59. The summed E-state index contributed by atoms with van der Waals surface area (Å²) < 4.78 is 28.4. The van der Waals surface area contributed by atoms with Gasteiger partial charge in [-0.25, -0.2) is 18.3 Å². The molecule has 0 N–H and O–H groups in total. The molecule has 1 aromatic carbocycles. The molecule has 3 aromatic rings. The quantitative estimate of drug-likeness (QED) is 0.443. The van der Waals surface area contributed by atoms with E-state index in [1.165, 1.54) is 16.9 Å². The third-order valence-corrected chi connectivity index (χ3v) is 6.50. The first-order valence-corrected chi connectivity index (χ1v) is 10.5. The van der Waals surface area contributed by atoms with E-state index in [4.69, 9.17) is 23.2 Å². The fraction of sp³-hybridized carbons (Fsp3) is 0.400. The molecular formula is C20H23Cl2F2N5OS3. The molecule has 2 fully saturated rings. The van der Waals surface area contributed by atoms with Crippen molar-refractivity contribution in [1.82, 2.24) is 24.5 Å². The van der Waals surface area contributed by atoms with E-state index in [1.54, 1.807) is 18.2 Å². The normalized spacial score (nSPS) is 21.4. The first kappa shape index (κ1) is 28.0. The van der Waals surface area contributed by atoms with E-state index in [2.05, 4.69) is 15.1 Å². The minimum absolute atomic E-state index is 0. The Morgan fingerprint density at radius 1 is 1.00 bits per heavy atom. The monoisotopic (exact) mass is 553 g/mol. The van der Waals surface area contributed by atoms with Crippen molar-refractivity contribution >= 4 is 75.4 Å². The number of carbonyl (C=O) groups excluding carboxylic acids is 1. The molecule has 0 spiro atoms. The van der Waals surface area contributed by atoms with Crippen molar-refractivity contribution in [3.63, 3.8) is 0 Å². The molecule has 6 nitrogen and oxygen atoms in total. The second-order valence-corrected chi connectivity index (χ2v) is 8.60. The number of benzene rings is 1. The molecule has 4 heterocycles. The Kier molecular flexibility index (Phi) is 9.31. The van der Waals surface area contributed by atoms with Crippen LogP contribution >= 0.6 is 63.7 Å². The van der Waals surface area contributed by atoms with Gasteiger partial charge in [-0.3, -0.25) is 4.79 Å². The summed E-state index contributed by atoms with van der Waals surface area (Å²) in [4.78, 5) is 23.1. The number of rotatable bonds is 3. The maximum Gasteiger partial charge on any atom is 0.280 e. The molecule has 0 radical (unpaired) electrons.